The summed E-state index contributed by atoms with van der Waals surface area (Å²) in [6, 6.07) is 9.29. The van der Waals surface area contributed by atoms with Crippen LogP contribution in [0.2, 0.25) is 0 Å². The van der Waals surface area contributed by atoms with E-state index in [4.69, 9.17) is 0 Å². The molecule has 2 unspecified atom stereocenters. The normalized spacial score (nSPS) is 20.1. The highest BCUT2D eigenvalue weighted by molar-refractivity contribution is 5.88. The highest BCUT2D eigenvalue weighted by Gasteiger charge is 2.35. The summed E-state index contributed by atoms with van der Waals surface area (Å²) in [6.07, 6.45) is 10.6. The number of nitrogens with zero attached hydrogens (tertiary/aromatic N) is 2. The summed E-state index contributed by atoms with van der Waals surface area (Å²) >= 11 is 0. The van der Waals surface area contributed by atoms with Gasteiger partial charge in [-0.3, -0.25) is 14.4 Å². The number of amides is 3. The predicted octanol–water partition coefficient (Wildman–Crippen LogP) is 4.32. The molecule has 34 heavy (non-hydrogen) atoms. The molecule has 0 radical (unpaired) electrons. The largest absolute Gasteiger partial charge is 0.344 e. The van der Waals surface area contributed by atoms with Crippen molar-refractivity contribution in [2.24, 2.45) is 5.92 Å². The minimum atomic E-state index is -0.575. The van der Waals surface area contributed by atoms with Crippen molar-refractivity contribution in [3.8, 4) is 0 Å². The summed E-state index contributed by atoms with van der Waals surface area (Å²) in [5.74, 6) is 0.323. The van der Waals surface area contributed by atoms with Crippen LogP contribution in [0.4, 0.5) is 0 Å². The maximum Gasteiger partial charge on any atom is 0.245 e. The minimum absolute atomic E-state index is 0.00533. The van der Waals surface area contributed by atoms with Crippen LogP contribution in [-0.2, 0) is 20.8 Å². The van der Waals surface area contributed by atoms with Gasteiger partial charge in [-0.1, -0.05) is 75.8 Å². The van der Waals surface area contributed by atoms with Crippen LogP contribution in [0.1, 0.15) is 83.6 Å². The molecule has 3 amide bonds. The van der Waals surface area contributed by atoms with E-state index in [-0.39, 0.29) is 29.7 Å². The van der Waals surface area contributed by atoms with Crippen molar-refractivity contribution in [3.63, 3.8) is 0 Å². The highest BCUT2D eigenvalue weighted by atomic mass is 16.2. The SMILES string of the molecule is CCCCCCC(=O)NC(Cc1ccccc1)C(=O)N1CCN(C(=O)C2CCCCC2)C(C)C1. The van der Waals surface area contributed by atoms with Gasteiger partial charge in [0, 0.05) is 44.4 Å². The molecule has 2 fully saturated rings. The van der Waals surface area contributed by atoms with E-state index < -0.39 is 6.04 Å². The average molecular weight is 470 g/mol. The number of carbonyl (C=O) groups excluding carboxylic acids is 3. The molecule has 1 aromatic rings. The number of rotatable bonds is 10. The molecule has 3 rings (SSSR count). The van der Waals surface area contributed by atoms with Crippen LogP contribution in [0.15, 0.2) is 30.3 Å². The first-order valence-corrected chi connectivity index (χ1v) is 13.4. The molecule has 1 saturated carbocycles. The second-order valence-corrected chi connectivity index (χ2v) is 10.1. The third-order valence-electron chi connectivity index (χ3n) is 7.35. The van der Waals surface area contributed by atoms with Crippen molar-refractivity contribution < 1.29 is 14.4 Å². The van der Waals surface area contributed by atoms with Crippen molar-refractivity contribution in [1.29, 1.82) is 0 Å². The lowest BCUT2D eigenvalue weighted by atomic mass is 9.87. The Morgan fingerprint density at radius 3 is 2.41 bits per heavy atom. The zero-order valence-electron chi connectivity index (χ0n) is 21.1. The van der Waals surface area contributed by atoms with Gasteiger partial charge in [-0.05, 0) is 31.7 Å². The van der Waals surface area contributed by atoms with Crippen LogP contribution in [0.5, 0.6) is 0 Å². The van der Waals surface area contributed by atoms with Gasteiger partial charge in [0.15, 0.2) is 0 Å². The predicted molar refractivity (Wildman–Crippen MR) is 135 cm³/mol. The minimum Gasteiger partial charge on any atom is -0.344 e. The fourth-order valence-electron chi connectivity index (χ4n) is 5.32. The van der Waals surface area contributed by atoms with E-state index in [2.05, 4.69) is 12.2 Å². The van der Waals surface area contributed by atoms with E-state index >= 15 is 0 Å². The average Bonchev–Trinajstić information content (AvgIpc) is 2.86. The number of nitrogens with one attached hydrogen (secondary N) is 1. The fraction of sp³-hybridized carbons (Fsp3) is 0.679. The lowest BCUT2D eigenvalue weighted by Gasteiger charge is -2.42. The van der Waals surface area contributed by atoms with Gasteiger partial charge in [-0.15, -0.1) is 0 Å². The van der Waals surface area contributed by atoms with Gasteiger partial charge < -0.3 is 15.1 Å². The molecule has 1 saturated heterocycles. The topological polar surface area (TPSA) is 69.7 Å². The van der Waals surface area contributed by atoms with Crippen molar-refractivity contribution >= 4 is 17.7 Å². The number of hydrogen-bond donors (Lipinski definition) is 1. The van der Waals surface area contributed by atoms with Crippen molar-refractivity contribution in [3.05, 3.63) is 35.9 Å². The van der Waals surface area contributed by atoms with E-state index in [1.54, 1.807) is 0 Å². The zero-order valence-corrected chi connectivity index (χ0v) is 21.1. The van der Waals surface area contributed by atoms with Gasteiger partial charge in [-0.2, -0.15) is 0 Å². The number of unbranched alkanes of at least 4 members (excludes halogenated alkanes) is 3. The fourth-order valence-corrected chi connectivity index (χ4v) is 5.32. The molecule has 1 aliphatic heterocycles. The first-order valence-electron chi connectivity index (χ1n) is 13.4. The van der Waals surface area contributed by atoms with Gasteiger partial charge in [0.05, 0.1) is 0 Å². The molecule has 2 aliphatic rings. The second-order valence-electron chi connectivity index (χ2n) is 10.1. The summed E-state index contributed by atoms with van der Waals surface area (Å²) in [7, 11) is 0. The number of carbonyl (C=O) groups is 3. The quantitative estimate of drug-likeness (QED) is 0.519. The molecule has 1 heterocycles. The molecule has 1 aliphatic carbocycles. The molecule has 6 heteroatoms. The van der Waals surface area contributed by atoms with Crippen LogP contribution in [0.3, 0.4) is 0 Å². The van der Waals surface area contributed by atoms with E-state index in [0.29, 0.717) is 32.5 Å². The first-order chi connectivity index (χ1) is 16.5. The van der Waals surface area contributed by atoms with Gasteiger partial charge >= 0.3 is 0 Å². The Morgan fingerprint density at radius 1 is 1.00 bits per heavy atom. The van der Waals surface area contributed by atoms with Gasteiger partial charge in [0.25, 0.3) is 0 Å². The summed E-state index contributed by atoms with van der Waals surface area (Å²) in [4.78, 5) is 43.1. The standard InChI is InChI=1S/C28H43N3O3/c1-3-4-5-12-17-26(32)29-25(20-23-13-8-6-9-14-23)28(34)30-18-19-31(22(2)21-30)27(33)24-15-10-7-11-16-24/h6,8-9,13-14,22,24-25H,3-5,7,10-12,15-21H2,1-2H3,(H,29,32). The number of benzene rings is 1. The van der Waals surface area contributed by atoms with Crippen LogP contribution in [-0.4, -0.2) is 59.2 Å². The Kier molecular flexibility index (Phi) is 10.4. The second kappa shape index (κ2) is 13.5. The van der Waals surface area contributed by atoms with Crippen molar-refractivity contribution in [2.45, 2.75) is 96.6 Å². The van der Waals surface area contributed by atoms with E-state index in [1.165, 1.54) is 6.42 Å². The van der Waals surface area contributed by atoms with E-state index in [9.17, 15) is 14.4 Å². The molecule has 188 valence electrons. The summed E-state index contributed by atoms with van der Waals surface area (Å²) in [5, 5.41) is 3.03. The molecule has 2 atom stereocenters. The molecular formula is C28H43N3O3. The van der Waals surface area contributed by atoms with Crippen LogP contribution in [0.25, 0.3) is 0 Å². The van der Waals surface area contributed by atoms with E-state index in [1.807, 2.05) is 47.1 Å². The number of piperazine rings is 1. The third kappa shape index (κ3) is 7.57. The summed E-state index contributed by atoms with van der Waals surface area (Å²) in [5.41, 5.74) is 1.03. The molecular weight excluding hydrogens is 426 g/mol. The Bertz CT molecular complexity index is 791. The zero-order chi connectivity index (χ0) is 24.3. The van der Waals surface area contributed by atoms with E-state index in [0.717, 1.165) is 56.9 Å². The summed E-state index contributed by atoms with van der Waals surface area (Å²) < 4.78 is 0. The molecule has 0 aromatic heterocycles. The first kappa shape index (κ1) is 26.2. The molecule has 6 nitrogen and oxygen atoms in total. The lowest BCUT2D eigenvalue weighted by molar-refractivity contribution is -0.147. The molecule has 1 N–H and O–H groups in total. The van der Waals surface area contributed by atoms with Gasteiger partial charge in [0.1, 0.15) is 6.04 Å². The van der Waals surface area contributed by atoms with Crippen molar-refractivity contribution in [2.75, 3.05) is 19.6 Å². The monoisotopic (exact) mass is 469 g/mol. The Morgan fingerprint density at radius 2 is 1.74 bits per heavy atom. The lowest BCUT2D eigenvalue weighted by Crippen LogP contribution is -2.60. The molecule has 0 spiro atoms. The smallest absolute Gasteiger partial charge is 0.245 e. The van der Waals surface area contributed by atoms with Crippen molar-refractivity contribution in [1.82, 2.24) is 15.1 Å². The third-order valence-corrected chi connectivity index (χ3v) is 7.35. The molecule has 0 bridgehead atoms. The van der Waals surface area contributed by atoms with Gasteiger partial charge in [-0.25, -0.2) is 0 Å². The summed E-state index contributed by atoms with van der Waals surface area (Å²) in [6.45, 7) is 5.82. The maximum atomic E-state index is 13.5. The Labute approximate surface area is 205 Å². The Hall–Kier alpha value is -2.37. The maximum absolute atomic E-state index is 13.5. The van der Waals surface area contributed by atoms with Crippen LogP contribution < -0.4 is 5.32 Å². The highest BCUT2D eigenvalue weighted by Crippen LogP contribution is 2.27. The van der Waals surface area contributed by atoms with Crippen LogP contribution in [0, 0.1) is 5.92 Å². The Balaban J connectivity index is 1.60. The number of hydrogen-bond acceptors (Lipinski definition) is 3. The van der Waals surface area contributed by atoms with Gasteiger partial charge in [0.2, 0.25) is 17.7 Å². The molecule has 1 aromatic carbocycles. The van der Waals surface area contributed by atoms with Crippen LogP contribution >= 0.6 is 0 Å².